The Morgan fingerprint density at radius 1 is 1.16 bits per heavy atom. The van der Waals surface area contributed by atoms with E-state index in [0.717, 1.165) is 37.0 Å². The number of pyridine rings is 1. The number of rotatable bonds is 7. The van der Waals surface area contributed by atoms with E-state index in [-0.39, 0.29) is 35.7 Å². The van der Waals surface area contributed by atoms with Gasteiger partial charge in [-0.05, 0) is 36.8 Å². The predicted octanol–water partition coefficient (Wildman–Crippen LogP) is 2.97. The number of benzene rings is 1. The second-order valence-corrected chi connectivity index (χ2v) is 7.52. The molecule has 1 aromatic carbocycles. The molecule has 2 heterocycles. The van der Waals surface area contributed by atoms with E-state index in [4.69, 9.17) is 0 Å². The molecule has 2 aromatic rings. The first kappa shape index (κ1) is 25.8. The van der Waals surface area contributed by atoms with Crippen molar-refractivity contribution in [1.82, 2.24) is 20.1 Å². The third-order valence-corrected chi connectivity index (χ3v) is 5.22. The summed E-state index contributed by atoms with van der Waals surface area (Å²) in [5.74, 6) is 1.58. The van der Waals surface area contributed by atoms with Crippen molar-refractivity contribution in [3.05, 3.63) is 60.0 Å². The first-order chi connectivity index (χ1) is 15.1. The summed E-state index contributed by atoms with van der Waals surface area (Å²) in [5, 5.41) is 3.25. The van der Waals surface area contributed by atoms with E-state index in [1.54, 1.807) is 18.3 Å². The van der Waals surface area contributed by atoms with Gasteiger partial charge in [0, 0.05) is 58.9 Å². The Balaban J connectivity index is 0.00000363. The van der Waals surface area contributed by atoms with Gasteiger partial charge in [0.2, 0.25) is 5.91 Å². The molecule has 1 aliphatic rings. The maximum absolute atomic E-state index is 13.1. The maximum Gasteiger partial charge on any atom is 0.224 e. The van der Waals surface area contributed by atoms with Crippen LogP contribution in [0.5, 0.6) is 0 Å². The first-order valence-corrected chi connectivity index (χ1v) is 10.7. The smallest absolute Gasteiger partial charge is 0.224 e. The highest BCUT2D eigenvalue weighted by Crippen LogP contribution is 2.13. The molecular weight excluding hydrogens is 522 g/mol. The van der Waals surface area contributed by atoms with E-state index in [1.807, 2.05) is 42.0 Å². The summed E-state index contributed by atoms with van der Waals surface area (Å²) in [5.41, 5.74) is 0.997. The van der Waals surface area contributed by atoms with Gasteiger partial charge in [-0.15, -0.1) is 24.0 Å². The SMILES string of the molecule is CCNC(=NCCC(=O)N1CCN(c2ccccn2)CC1)N(C)Cc1ccc(F)cc1.I. The van der Waals surface area contributed by atoms with Gasteiger partial charge >= 0.3 is 0 Å². The van der Waals surface area contributed by atoms with Crippen molar-refractivity contribution in [1.29, 1.82) is 0 Å². The lowest BCUT2D eigenvalue weighted by molar-refractivity contribution is -0.131. The first-order valence-electron chi connectivity index (χ1n) is 10.7. The molecule has 0 spiro atoms. The molecule has 0 unspecified atom stereocenters. The Hall–Kier alpha value is -2.43. The van der Waals surface area contributed by atoms with Gasteiger partial charge in [-0.3, -0.25) is 9.79 Å². The lowest BCUT2D eigenvalue weighted by Gasteiger charge is -2.35. The molecule has 1 amide bonds. The summed E-state index contributed by atoms with van der Waals surface area (Å²) < 4.78 is 13.1. The van der Waals surface area contributed by atoms with Crippen molar-refractivity contribution in [3.63, 3.8) is 0 Å². The molecule has 1 fully saturated rings. The van der Waals surface area contributed by atoms with E-state index in [2.05, 4.69) is 20.2 Å². The second kappa shape index (κ2) is 13.2. The topological polar surface area (TPSA) is 64.1 Å². The minimum absolute atomic E-state index is 0. The number of amides is 1. The highest BCUT2D eigenvalue weighted by molar-refractivity contribution is 14.0. The molecule has 0 aliphatic carbocycles. The van der Waals surface area contributed by atoms with Gasteiger partial charge in [0.25, 0.3) is 0 Å². The van der Waals surface area contributed by atoms with Gasteiger partial charge in [0.05, 0.1) is 6.54 Å². The minimum Gasteiger partial charge on any atom is -0.357 e. The van der Waals surface area contributed by atoms with Crippen molar-refractivity contribution in [2.24, 2.45) is 4.99 Å². The lowest BCUT2D eigenvalue weighted by atomic mass is 10.2. The monoisotopic (exact) mass is 554 g/mol. The van der Waals surface area contributed by atoms with Gasteiger partial charge in [0.1, 0.15) is 11.6 Å². The van der Waals surface area contributed by atoms with Crippen LogP contribution in [-0.4, -0.2) is 73.0 Å². The van der Waals surface area contributed by atoms with Crippen LogP contribution in [0.15, 0.2) is 53.7 Å². The number of carbonyl (C=O) groups excluding carboxylic acids is 1. The van der Waals surface area contributed by atoms with E-state index in [9.17, 15) is 9.18 Å². The zero-order valence-electron chi connectivity index (χ0n) is 18.7. The number of halogens is 2. The van der Waals surface area contributed by atoms with Crippen LogP contribution in [0.3, 0.4) is 0 Å². The number of anilines is 1. The molecule has 0 bridgehead atoms. The molecule has 1 N–H and O–H groups in total. The van der Waals surface area contributed by atoms with E-state index in [1.165, 1.54) is 12.1 Å². The van der Waals surface area contributed by atoms with E-state index in [0.29, 0.717) is 32.6 Å². The van der Waals surface area contributed by atoms with Crippen LogP contribution in [-0.2, 0) is 11.3 Å². The molecule has 1 aliphatic heterocycles. The maximum atomic E-state index is 13.1. The number of carbonyl (C=O) groups is 1. The second-order valence-electron chi connectivity index (χ2n) is 7.52. The fourth-order valence-electron chi connectivity index (χ4n) is 3.55. The van der Waals surface area contributed by atoms with Gasteiger partial charge < -0.3 is 20.0 Å². The van der Waals surface area contributed by atoms with Crippen LogP contribution in [0.1, 0.15) is 18.9 Å². The van der Waals surface area contributed by atoms with Crippen molar-refractivity contribution in [2.45, 2.75) is 19.9 Å². The number of nitrogens with zero attached hydrogens (tertiary/aromatic N) is 5. The number of guanidine groups is 1. The Bertz CT molecular complexity index is 857. The molecule has 174 valence electrons. The summed E-state index contributed by atoms with van der Waals surface area (Å²) in [4.78, 5) is 27.7. The number of hydrogen-bond donors (Lipinski definition) is 1. The third-order valence-electron chi connectivity index (χ3n) is 5.22. The molecule has 1 saturated heterocycles. The fraction of sp³-hybridized carbons (Fsp3) is 0.435. The molecule has 1 aromatic heterocycles. The average molecular weight is 554 g/mol. The average Bonchev–Trinajstić information content (AvgIpc) is 2.80. The fourth-order valence-corrected chi connectivity index (χ4v) is 3.55. The highest BCUT2D eigenvalue weighted by atomic mass is 127. The van der Waals surface area contributed by atoms with Crippen molar-refractivity contribution in [2.75, 3.05) is 51.2 Å². The highest BCUT2D eigenvalue weighted by Gasteiger charge is 2.21. The van der Waals surface area contributed by atoms with Crippen LogP contribution in [0.4, 0.5) is 10.2 Å². The predicted molar refractivity (Wildman–Crippen MR) is 137 cm³/mol. The number of hydrogen-bond acceptors (Lipinski definition) is 4. The molecule has 3 rings (SSSR count). The third kappa shape index (κ3) is 7.61. The minimum atomic E-state index is -0.244. The largest absolute Gasteiger partial charge is 0.357 e. The summed E-state index contributed by atoms with van der Waals surface area (Å²) in [6.07, 6.45) is 2.17. The van der Waals surface area contributed by atoms with Gasteiger partial charge in [-0.2, -0.15) is 0 Å². The lowest BCUT2D eigenvalue weighted by Crippen LogP contribution is -2.49. The molecular formula is C23H32FIN6O. The van der Waals surface area contributed by atoms with Crippen LogP contribution >= 0.6 is 24.0 Å². The number of piperazine rings is 1. The van der Waals surface area contributed by atoms with Crippen LogP contribution in [0, 0.1) is 5.82 Å². The quantitative estimate of drug-likeness (QED) is 0.324. The molecule has 9 heteroatoms. The van der Waals surface area contributed by atoms with Gasteiger partial charge in [0.15, 0.2) is 5.96 Å². The normalized spacial score (nSPS) is 14.0. The van der Waals surface area contributed by atoms with Crippen molar-refractivity contribution >= 4 is 41.7 Å². The zero-order valence-corrected chi connectivity index (χ0v) is 21.0. The Labute approximate surface area is 206 Å². The molecule has 7 nitrogen and oxygen atoms in total. The van der Waals surface area contributed by atoms with Crippen LogP contribution < -0.4 is 10.2 Å². The van der Waals surface area contributed by atoms with Gasteiger partial charge in [-0.25, -0.2) is 9.37 Å². The van der Waals surface area contributed by atoms with Crippen LogP contribution in [0.2, 0.25) is 0 Å². The Morgan fingerprint density at radius 3 is 2.50 bits per heavy atom. The van der Waals surface area contributed by atoms with Crippen LogP contribution in [0.25, 0.3) is 0 Å². The summed E-state index contributed by atoms with van der Waals surface area (Å²) >= 11 is 0. The number of aliphatic imine (C=N–C) groups is 1. The molecule has 32 heavy (non-hydrogen) atoms. The summed E-state index contributed by atoms with van der Waals surface area (Å²) in [6, 6.07) is 12.3. The standard InChI is InChI=1S/C23H31FN6O.HI/c1-3-25-23(28(2)18-19-7-9-20(24)10-8-19)27-13-11-22(31)30-16-14-29(15-17-30)21-6-4-5-12-26-21;/h4-10,12H,3,11,13-18H2,1-2H3,(H,25,27);1H. The van der Waals surface area contributed by atoms with E-state index < -0.39 is 0 Å². The molecule has 0 saturated carbocycles. The summed E-state index contributed by atoms with van der Waals surface area (Å²) in [6.45, 7) is 6.74. The number of aromatic nitrogens is 1. The van der Waals surface area contributed by atoms with E-state index >= 15 is 0 Å². The van der Waals surface area contributed by atoms with Crippen molar-refractivity contribution in [3.8, 4) is 0 Å². The Kier molecular flexibility index (Phi) is 10.6. The van der Waals surface area contributed by atoms with Crippen molar-refractivity contribution < 1.29 is 9.18 Å². The van der Waals surface area contributed by atoms with Gasteiger partial charge in [-0.1, -0.05) is 18.2 Å². The number of nitrogens with one attached hydrogen (secondary N) is 1. The molecule has 0 atom stereocenters. The zero-order chi connectivity index (χ0) is 22.1. The Morgan fingerprint density at radius 2 is 1.88 bits per heavy atom. The summed E-state index contributed by atoms with van der Waals surface area (Å²) in [7, 11) is 1.93. The molecule has 0 radical (unpaired) electrons.